The maximum Gasteiger partial charge on any atom is 0.125 e. The third kappa shape index (κ3) is 1.53. The Morgan fingerprint density at radius 2 is 2.36 bits per heavy atom. The van der Waals surface area contributed by atoms with Crippen LogP contribution in [0.25, 0.3) is 0 Å². The molecule has 14 heavy (non-hydrogen) atoms. The summed E-state index contributed by atoms with van der Waals surface area (Å²) in [6, 6.07) is 4.18. The van der Waals surface area contributed by atoms with Crippen LogP contribution in [0, 0.1) is 6.92 Å². The summed E-state index contributed by atoms with van der Waals surface area (Å²) in [5.41, 5.74) is 8.10. The lowest BCUT2D eigenvalue weighted by Crippen LogP contribution is -1.99. The molecule has 2 aromatic rings. The lowest BCUT2D eigenvalue weighted by Gasteiger charge is -1.98. The van der Waals surface area contributed by atoms with E-state index >= 15 is 0 Å². The van der Waals surface area contributed by atoms with E-state index in [2.05, 4.69) is 22.6 Å². The fourth-order valence-electron chi connectivity index (χ4n) is 1.53. The SMILES string of the molecule is Cc1nn(C)c(N)c1Cc1cccs1. The smallest absolute Gasteiger partial charge is 0.125 e. The largest absolute Gasteiger partial charge is 0.384 e. The number of nitrogen functional groups attached to an aromatic ring is 1. The van der Waals surface area contributed by atoms with Gasteiger partial charge in [0.1, 0.15) is 5.82 Å². The number of hydrogen-bond acceptors (Lipinski definition) is 3. The van der Waals surface area contributed by atoms with Crippen molar-refractivity contribution in [1.29, 1.82) is 0 Å². The summed E-state index contributed by atoms with van der Waals surface area (Å²) in [7, 11) is 1.88. The zero-order chi connectivity index (χ0) is 10.1. The molecule has 0 fully saturated rings. The van der Waals surface area contributed by atoms with Gasteiger partial charge in [-0.05, 0) is 18.4 Å². The van der Waals surface area contributed by atoms with E-state index in [0.717, 1.165) is 23.5 Å². The standard InChI is InChI=1S/C10H13N3S/c1-7-9(10(11)13(2)12-7)6-8-4-3-5-14-8/h3-5H,6,11H2,1-2H3. The first kappa shape index (κ1) is 9.27. The van der Waals surface area contributed by atoms with E-state index in [-0.39, 0.29) is 0 Å². The van der Waals surface area contributed by atoms with Crippen molar-refractivity contribution in [2.24, 2.45) is 7.05 Å². The number of nitrogens with zero attached hydrogens (tertiary/aromatic N) is 2. The van der Waals surface area contributed by atoms with Crippen LogP contribution < -0.4 is 5.73 Å². The summed E-state index contributed by atoms with van der Waals surface area (Å²) in [5.74, 6) is 0.774. The molecule has 0 radical (unpaired) electrons. The molecule has 0 atom stereocenters. The molecule has 0 spiro atoms. The zero-order valence-corrected chi connectivity index (χ0v) is 9.14. The van der Waals surface area contributed by atoms with Crippen molar-refractivity contribution in [3.05, 3.63) is 33.6 Å². The summed E-state index contributed by atoms with van der Waals surface area (Å²) in [6.45, 7) is 2.00. The fraction of sp³-hybridized carbons (Fsp3) is 0.300. The molecule has 0 aliphatic rings. The van der Waals surface area contributed by atoms with Crippen LogP contribution in [0.3, 0.4) is 0 Å². The summed E-state index contributed by atoms with van der Waals surface area (Å²) in [6.07, 6.45) is 0.892. The van der Waals surface area contributed by atoms with Crippen molar-refractivity contribution in [1.82, 2.24) is 9.78 Å². The second kappa shape index (κ2) is 3.46. The minimum absolute atomic E-state index is 0.774. The minimum Gasteiger partial charge on any atom is -0.384 e. The molecular formula is C10H13N3S. The quantitative estimate of drug-likeness (QED) is 0.818. The predicted octanol–water partition coefficient (Wildman–Crippen LogP) is 1.96. The summed E-state index contributed by atoms with van der Waals surface area (Å²) in [5, 5.41) is 6.37. The van der Waals surface area contributed by atoms with Crippen molar-refractivity contribution >= 4 is 17.2 Å². The molecule has 0 aliphatic carbocycles. The van der Waals surface area contributed by atoms with Gasteiger partial charge in [0.25, 0.3) is 0 Å². The molecule has 2 heterocycles. The van der Waals surface area contributed by atoms with Crippen molar-refractivity contribution in [3.63, 3.8) is 0 Å². The Kier molecular flexibility index (Phi) is 2.29. The van der Waals surface area contributed by atoms with Gasteiger partial charge in [0, 0.05) is 23.9 Å². The van der Waals surface area contributed by atoms with Gasteiger partial charge in [0.15, 0.2) is 0 Å². The van der Waals surface area contributed by atoms with Gasteiger partial charge in [-0.25, -0.2) is 0 Å². The van der Waals surface area contributed by atoms with E-state index in [4.69, 9.17) is 5.73 Å². The number of thiophene rings is 1. The number of anilines is 1. The van der Waals surface area contributed by atoms with Gasteiger partial charge in [-0.2, -0.15) is 5.10 Å². The molecular weight excluding hydrogens is 194 g/mol. The Labute approximate surface area is 87.2 Å². The Bertz CT molecular complexity index is 428. The van der Waals surface area contributed by atoms with Gasteiger partial charge in [-0.3, -0.25) is 4.68 Å². The average molecular weight is 207 g/mol. The van der Waals surface area contributed by atoms with Gasteiger partial charge in [0.05, 0.1) is 5.69 Å². The molecule has 2 N–H and O–H groups in total. The first-order chi connectivity index (χ1) is 6.68. The number of nitrogens with two attached hydrogens (primary N) is 1. The number of rotatable bonds is 2. The maximum absolute atomic E-state index is 5.93. The number of hydrogen-bond donors (Lipinski definition) is 1. The predicted molar refractivity (Wildman–Crippen MR) is 59.5 cm³/mol. The van der Waals surface area contributed by atoms with E-state index in [1.165, 1.54) is 4.88 Å². The number of aromatic nitrogens is 2. The van der Waals surface area contributed by atoms with Crippen LogP contribution in [0.5, 0.6) is 0 Å². The van der Waals surface area contributed by atoms with Crippen LogP contribution in [0.15, 0.2) is 17.5 Å². The molecule has 0 saturated carbocycles. The molecule has 74 valence electrons. The maximum atomic E-state index is 5.93. The van der Waals surface area contributed by atoms with Crippen LogP contribution in [-0.2, 0) is 13.5 Å². The zero-order valence-electron chi connectivity index (χ0n) is 8.32. The fourth-order valence-corrected chi connectivity index (χ4v) is 2.24. The molecule has 0 unspecified atom stereocenters. The second-order valence-corrected chi connectivity index (χ2v) is 4.36. The van der Waals surface area contributed by atoms with E-state index in [1.807, 2.05) is 14.0 Å². The lowest BCUT2D eigenvalue weighted by atomic mass is 10.1. The molecule has 2 aromatic heterocycles. The van der Waals surface area contributed by atoms with Crippen LogP contribution in [0.4, 0.5) is 5.82 Å². The van der Waals surface area contributed by atoms with Gasteiger partial charge in [0.2, 0.25) is 0 Å². The Morgan fingerprint density at radius 3 is 2.86 bits per heavy atom. The first-order valence-electron chi connectivity index (χ1n) is 4.49. The molecule has 4 heteroatoms. The highest BCUT2D eigenvalue weighted by molar-refractivity contribution is 7.09. The van der Waals surface area contributed by atoms with Gasteiger partial charge in [-0.15, -0.1) is 11.3 Å². The Balaban J connectivity index is 2.33. The summed E-state index contributed by atoms with van der Waals surface area (Å²) < 4.78 is 1.73. The van der Waals surface area contributed by atoms with Crippen LogP contribution in [0.2, 0.25) is 0 Å². The van der Waals surface area contributed by atoms with Gasteiger partial charge < -0.3 is 5.73 Å². The van der Waals surface area contributed by atoms with Gasteiger partial charge in [-0.1, -0.05) is 6.07 Å². The highest BCUT2D eigenvalue weighted by atomic mass is 32.1. The molecule has 0 aliphatic heterocycles. The monoisotopic (exact) mass is 207 g/mol. The Morgan fingerprint density at radius 1 is 1.57 bits per heavy atom. The van der Waals surface area contributed by atoms with E-state index in [0.29, 0.717) is 0 Å². The summed E-state index contributed by atoms with van der Waals surface area (Å²) >= 11 is 1.75. The summed E-state index contributed by atoms with van der Waals surface area (Å²) in [4.78, 5) is 1.33. The molecule has 0 aromatic carbocycles. The van der Waals surface area contributed by atoms with Crippen molar-refractivity contribution in [3.8, 4) is 0 Å². The van der Waals surface area contributed by atoms with Crippen LogP contribution >= 0.6 is 11.3 Å². The van der Waals surface area contributed by atoms with Crippen LogP contribution in [-0.4, -0.2) is 9.78 Å². The molecule has 3 nitrogen and oxygen atoms in total. The van der Waals surface area contributed by atoms with Crippen molar-refractivity contribution in [2.75, 3.05) is 5.73 Å². The molecule has 2 rings (SSSR count). The van der Waals surface area contributed by atoms with Crippen LogP contribution in [0.1, 0.15) is 16.1 Å². The molecule has 0 saturated heterocycles. The highest BCUT2D eigenvalue weighted by Gasteiger charge is 2.10. The molecule has 0 amide bonds. The average Bonchev–Trinajstić information content (AvgIpc) is 2.71. The third-order valence-corrected chi connectivity index (χ3v) is 3.20. The van der Waals surface area contributed by atoms with Gasteiger partial charge >= 0.3 is 0 Å². The minimum atomic E-state index is 0.774. The topological polar surface area (TPSA) is 43.8 Å². The third-order valence-electron chi connectivity index (χ3n) is 2.33. The van der Waals surface area contributed by atoms with Crippen molar-refractivity contribution in [2.45, 2.75) is 13.3 Å². The normalized spacial score (nSPS) is 10.7. The highest BCUT2D eigenvalue weighted by Crippen LogP contribution is 2.21. The van der Waals surface area contributed by atoms with E-state index < -0.39 is 0 Å². The van der Waals surface area contributed by atoms with E-state index in [9.17, 15) is 0 Å². The first-order valence-corrected chi connectivity index (χ1v) is 5.37. The second-order valence-electron chi connectivity index (χ2n) is 3.33. The number of aryl methyl sites for hydroxylation is 2. The van der Waals surface area contributed by atoms with E-state index in [1.54, 1.807) is 16.0 Å². The lowest BCUT2D eigenvalue weighted by molar-refractivity contribution is 0.767. The van der Waals surface area contributed by atoms with Crippen molar-refractivity contribution < 1.29 is 0 Å². The molecule has 0 bridgehead atoms. The Hall–Kier alpha value is -1.29.